The molecule has 38 heavy (non-hydrogen) atoms. The van der Waals surface area contributed by atoms with Crippen molar-refractivity contribution in [2.45, 2.75) is 11.0 Å². The van der Waals surface area contributed by atoms with Crippen molar-refractivity contribution in [2.24, 2.45) is 0 Å². The van der Waals surface area contributed by atoms with E-state index in [9.17, 15) is 13.2 Å². The van der Waals surface area contributed by atoms with Crippen LogP contribution >= 0.6 is 34.8 Å². The van der Waals surface area contributed by atoms with Crippen molar-refractivity contribution in [3.8, 4) is 5.88 Å². The number of halogens is 3. The van der Waals surface area contributed by atoms with Gasteiger partial charge in [0.05, 0.1) is 52.1 Å². The molecule has 1 fully saturated rings. The number of pyridine rings is 1. The van der Waals surface area contributed by atoms with Crippen LogP contribution in [0.3, 0.4) is 0 Å². The van der Waals surface area contributed by atoms with Crippen LogP contribution in [-0.2, 0) is 14.8 Å². The highest BCUT2D eigenvalue weighted by Gasteiger charge is 2.37. The third kappa shape index (κ3) is 5.70. The van der Waals surface area contributed by atoms with Crippen molar-refractivity contribution >= 4 is 62.1 Å². The third-order valence-corrected chi connectivity index (χ3v) is 8.79. The summed E-state index contributed by atoms with van der Waals surface area (Å²) in [5.41, 5.74) is 0.524. The molecule has 1 atom stereocenters. The molecule has 13 heteroatoms. The van der Waals surface area contributed by atoms with Crippen LogP contribution in [0.1, 0.15) is 10.4 Å². The summed E-state index contributed by atoms with van der Waals surface area (Å²) in [5, 5.41) is 3.35. The van der Waals surface area contributed by atoms with Gasteiger partial charge in [-0.2, -0.15) is 0 Å². The number of sulfonamides is 1. The molecule has 9 nitrogen and oxygen atoms in total. The number of carbonyl (C=O) groups is 1. The predicted octanol–water partition coefficient (Wildman–Crippen LogP) is 4.58. The second-order valence-corrected chi connectivity index (χ2v) is 11.9. The number of benzene rings is 2. The lowest BCUT2D eigenvalue weighted by atomic mass is 10.2. The van der Waals surface area contributed by atoms with E-state index in [-0.39, 0.29) is 44.3 Å². The van der Waals surface area contributed by atoms with Crippen LogP contribution in [0.5, 0.6) is 5.88 Å². The van der Waals surface area contributed by atoms with Crippen LogP contribution in [-0.4, -0.2) is 69.7 Å². The molecule has 1 unspecified atom stereocenters. The molecule has 1 N–H and O–H groups in total. The molecule has 0 spiro atoms. The minimum atomic E-state index is -4.05. The number of fused-ring (bicyclic) bond motifs is 1. The number of carbonyl (C=O) groups excluding carboxylic acids is 1. The Balaban J connectivity index is 1.49. The fraction of sp³-hybridized carbons (Fsp3) is 0.280. The van der Waals surface area contributed by atoms with E-state index in [0.29, 0.717) is 24.8 Å². The summed E-state index contributed by atoms with van der Waals surface area (Å²) in [7, 11) is -4.05. The van der Waals surface area contributed by atoms with Gasteiger partial charge in [-0.3, -0.25) is 14.0 Å². The Labute approximate surface area is 235 Å². The zero-order valence-corrected chi connectivity index (χ0v) is 23.0. The van der Waals surface area contributed by atoms with Gasteiger partial charge >= 0.3 is 0 Å². The van der Waals surface area contributed by atoms with Crippen molar-refractivity contribution in [3.05, 3.63) is 75.4 Å². The maximum Gasteiger partial charge on any atom is 0.264 e. The first-order chi connectivity index (χ1) is 18.2. The van der Waals surface area contributed by atoms with Gasteiger partial charge in [-0.05, 0) is 36.4 Å². The van der Waals surface area contributed by atoms with E-state index in [1.807, 2.05) is 0 Å². The Morgan fingerprint density at radius 3 is 2.47 bits per heavy atom. The molecular formula is C25H23Cl3N4O5S. The van der Waals surface area contributed by atoms with Gasteiger partial charge in [0.15, 0.2) is 0 Å². The number of nitrogens with one attached hydrogen (secondary N) is 1. The number of amides is 1. The van der Waals surface area contributed by atoms with E-state index in [1.54, 1.807) is 30.3 Å². The summed E-state index contributed by atoms with van der Waals surface area (Å²) in [6.07, 6.45) is 0.910. The van der Waals surface area contributed by atoms with Gasteiger partial charge < -0.3 is 14.8 Å². The smallest absolute Gasteiger partial charge is 0.264 e. The van der Waals surface area contributed by atoms with Crippen LogP contribution in [0.4, 0.5) is 11.4 Å². The number of nitrogens with zero attached hydrogens (tertiary/aromatic N) is 3. The predicted molar refractivity (Wildman–Crippen MR) is 146 cm³/mol. The van der Waals surface area contributed by atoms with Gasteiger partial charge in [0.2, 0.25) is 5.88 Å². The lowest BCUT2D eigenvalue weighted by Crippen LogP contribution is -2.50. The lowest BCUT2D eigenvalue weighted by Gasteiger charge is -2.37. The average molecular weight is 598 g/mol. The van der Waals surface area contributed by atoms with E-state index >= 15 is 0 Å². The van der Waals surface area contributed by atoms with E-state index in [0.717, 1.165) is 13.1 Å². The highest BCUT2D eigenvalue weighted by atomic mass is 35.5. The monoisotopic (exact) mass is 596 g/mol. The van der Waals surface area contributed by atoms with Gasteiger partial charge in [0.1, 0.15) is 11.8 Å². The summed E-state index contributed by atoms with van der Waals surface area (Å²) in [5.74, 6) is -0.428. The Morgan fingerprint density at radius 2 is 1.76 bits per heavy atom. The van der Waals surface area contributed by atoms with Crippen molar-refractivity contribution < 1.29 is 22.7 Å². The Kier molecular flexibility index (Phi) is 7.99. The highest BCUT2D eigenvalue weighted by Crippen LogP contribution is 2.38. The van der Waals surface area contributed by atoms with E-state index in [2.05, 4.69) is 15.2 Å². The second-order valence-electron chi connectivity index (χ2n) is 8.75. The molecule has 1 aromatic heterocycles. The van der Waals surface area contributed by atoms with Crippen molar-refractivity contribution in [2.75, 3.05) is 49.0 Å². The zero-order valence-electron chi connectivity index (χ0n) is 19.9. The number of hydrogen-bond acceptors (Lipinski definition) is 7. The molecule has 2 aliphatic rings. The molecule has 0 saturated carbocycles. The quantitative estimate of drug-likeness (QED) is 0.444. The number of anilines is 2. The topological polar surface area (TPSA) is 101 Å². The molecule has 0 bridgehead atoms. The normalized spacial score (nSPS) is 18.0. The summed E-state index contributed by atoms with van der Waals surface area (Å²) in [4.78, 5) is 19.5. The first kappa shape index (κ1) is 27.0. The van der Waals surface area contributed by atoms with Crippen LogP contribution in [0.2, 0.25) is 15.1 Å². The van der Waals surface area contributed by atoms with Crippen LogP contribution < -0.4 is 14.4 Å². The van der Waals surface area contributed by atoms with Crippen LogP contribution in [0.25, 0.3) is 0 Å². The largest absolute Gasteiger partial charge is 0.470 e. The Morgan fingerprint density at radius 1 is 1.05 bits per heavy atom. The van der Waals surface area contributed by atoms with E-state index in [4.69, 9.17) is 44.3 Å². The minimum Gasteiger partial charge on any atom is -0.470 e. The molecule has 5 rings (SSSR count). The summed E-state index contributed by atoms with van der Waals surface area (Å²) >= 11 is 18.5. The van der Waals surface area contributed by atoms with Gasteiger partial charge in [0, 0.05) is 24.7 Å². The van der Waals surface area contributed by atoms with Crippen molar-refractivity contribution in [1.82, 2.24) is 9.88 Å². The van der Waals surface area contributed by atoms with E-state index in [1.165, 1.54) is 28.7 Å². The number of hydrogen-bond donors (Lipinski definition) is 1. The molecule has 200 valence electrons. The third-order valence-electron chi connectivity index (χ3n) is 6.15. The second kappa shape index (κ2) is 11.3. The van der Waals surface area contributed by atoms with Crippen LogP contribution in [0.15, 0.2) is 59.6 Å². The molecule has 1 amide bonds. The van der Waals surface area contributed by atoms with Gasteiger partial charge in [-0.15, -0.1) is 0 Å². The Bertz CT molecular complexity index is 1450. The zero-order chi connectivity index (χ0) is 26.9. The van der Waals surface area contributed by atoms with Crippen molar-refractivity contribution in [3.63, 3.8) is 0 Å². The minimum absolute atomic E-state index is 0.0280. The van der Waals surface area contributed by atoms with Gasteiger partial charge in [-0.1, -0.05) is 46.9 Å². The molecule has 3 aromatic rings. The lowest BCUT2D eigenvalue weighted by molar-refractivity contribution is 0.0190. The number of aromatic nitrogens is 1. The first-order valence-electron chi connectivity index (χ1n) is 11.7. The van der Waals surface area contributed by atoms with Gasteiger partial charge in [0.25, 0.3) is 15.9 Å². The van der Waals surface area contributed by atoms with Gasteiger partial charge in [-0.25, -0.2) is 13.4 Å². The summed E-state index contributed by atoms with van der Waals surface area (Å²) < 4.78 is 40.4. The number of ether oxygens (including phenoxy) is 2. The molecule has 1 saturated heterocycles. The van der Waals surface area contributed by atoms with Crippen molar-refractivity contribution in [1.29, 1.82) is 0 Å². The number of rotatable bonds is 6. The Hall–Kier alpha value is -2.60. The molecule has 2 aliphatic heterocycles. The SMILES string of the molecule is O=C(Nc1cnc2c(c1)N(S(=O)(=O)c1cccc(Cl)c1)CC(CN1CCOCC1)O2)c1c(Cl)cccc1Cl. The molecule has 0 aliphatic carbocycles. The molecule has 0 radical (unpaired) electrons. The summed E-state index contributed by atoms with van der Waals surface area (Å²) in [6.45, 7) is 3.17. The maximum absolute atomic E-state index is 13.8. The number of morpholine rings is 1. The maximum atomic E-state index is 13.8. The average Bonchev–Trinajstić information content (AvgIpc) is 2.89. The molecular weight excluding hydrogens is 575 g/mol. The fourth-order valence-corrected chi connectivity index (χ4v) is 6.67. The standard InChI is InChI=1S/C25H23Cl3N4O5S/c26-16-3-1-4-19(11-16)38(34,35)32-15-18(14-31-7-9-36-10-8-31)37-25-22(32)12-17(13-29-25)30-24(33)23-20(27)5-2-6-21(23)28/h1-6,11-13,18H,7-10,14-15H2,(H,30,33). The molecule has 2 aromatic carbocycles. The van der Waals surface area contributed by atoms with Crippen LogP contribution in [0, 0.1) is 0 Å². The highest BCUT2D eigenvalue weighted by molar-refractivity contribution is 7.92. The van der Waals surface area contributed by atoms with E-state index < -0.39 is 22.0 Å². The fourth-order valence-electron chi connectivity index (χ4n) is 4.31. The molecule has 3 heterocycles. The first-order valence-corrected chi connectivity index (χ1v) is 14.3. The summed E-state index contributed by atoms with van der Waals surface area (Å²) in [6, 6.07) is 12.3.